The van der Waals surface area contributed by atoms with E-state index in [1.807, 2.05) is 30.8 Å². The summed E-state index contributed by atoms with van der Waals surface area (Å²) in [5, 5.41) is 6.67. The number of hydrogen-bond donors (Lipinski definition) is 2. The average molecular weight is 262 g/mol. The lowest BCUT2D eigenvalue weighted by Crippen LogP contribution is -2.04. The summed E-state index contributed by atoms with van der Waals surface area (Å²) in [5.74, 6) is 0.919. The van der Waals surface area contributed by atoms with E-state index in [4.69, 9.17) is 0 Å². The Balaban J connectivity index is 1.95. The van der Waals surface area contributed by atoms with Gasteiger partial charge in [-0.15, -0.1) is 11.3 Å². The third-order valence-electron chi connectivity index (χ3n) is 2.61. The molecule has 0 aliphatic rings. The van der Waals surface area contributed by atoms with Crippen LogP contribution < -0.4 is 10.6 Å². The second-order valence-electron chi connectivity index (χ2n) is 4.07. The fraction of sp³-hybridized carbons (Fsp3) is 0.385. The minimum Gasteiger partial charge on any atom is -0.380 e. The first-order valence-corrected chi connectivity index (χ1v) is 7.00. The molecule has 2 aromatic heterocycles. The van der Waals surface area contributed by atoms with Crippen molar-refractivity contribution in [2.45, 2.75) is 26.8 Å². The Morgan fingerprint density at radius 1 is 1.28 bits per heavy atom. The van der Waals surface area contributed by atoms with Crippen molar-refractivity contribution in [3.63, 3.8) is 0 Å². The van der Waals surface area contributed by atoms with Crippen LogP contribution in [0.25, 0.3) is 0 Å². The van der Waals surface area contributed by atoms with Gasteiger partial charge < -0.3 is 10.6 Å². The van der Waals surface area contributed by atoms with Gasteiger partial charge in [0.1, 0.15) is 5.82 Å². The molecule has 18 heavy (non-hydrogen) atoms. The zero-order chi connectivity index (χ0) is 12.8. The normalized spacial score (nSPS) is 10.3. The molecule has 0 saturated carbocycles. The first-order valence-electron chi connectivity index (χ1n) is 6.12. The Bertz CT molecular complexity index is 495. The van der Waals surface area contributed by atoms with Crippen molar-refractivity contribution in [2.75, 3.05) is 17.2 Å². The zero-order valence-electron chi connectivity index (χ0n) is 10.7. The molecule has 2 rings (SSSR count). The average Bonchev–Trinajstić information content (AvgIpc) is 2.80. The maximum Gasteiger partial charge on any atom is 0.127 e. The predicted molar refractivity (Wildman–Crippen MR) is 77.2 cm³/mol. The molecule has 0 unspecified atom stereocenters. The SMILES string of the molecule is CCCNc1cc(NCc2scnc2C)ccn1. The van der Waals surface area contributed by atoms with Crippen molar-refractivity contribution in [2.24, 2.45) is 0 Å². The monoisotopic (exact) mass is 262 g/mol. The maximum atomic E-state index is 4.28. The number of thiazole rings is 1. The Morgan fingerprint density at radius 2 is 2.17 bits per heavy atom. The molecule has 2 N–H and O–H groups in total. The van der Waals surface area contributed by atoms with Gasteiger partial charge in [0, 0.05) is 29.4 Å². The van der Waals surface area contributed by atoms with Gasteiger partial charge in [0.2, 0.25) is 0 Å². The maximum absolute atomic E-state index is 4.28. The molecule has 0 spiro atoms. The van der Waals surface area contributed by atoms with E-state index < -0.39 is 0 Å². The van der Waals surface area contributed by atoms with Crippen LogP contribution in [-0.4, -0.2) is 16.5 Å². The van der Waals surface area contributed by atoms with Gasteiger partial charge in [-0.1, -0.05) is 6.92 Å². The molecule has 0 fully saturated rings. The summed E-state index contributed by atoms with van der Waals surface area (Å²) >= 11 is 1.68. The topological polar surface area (TPSA) is 49.8 Å². The first-order chi connectivity index (χ1) is 8.79. The van der Waals surface area contributed by atoms with Crippen LogP contribution in [0.15, 0.2) is 23.8 Å². The van der Waals surface area contributed by atoms with Crippen LogP contribution in [0.1, 0.15) is 23.9 Å². The standard InChI is InChI=1S/C13H18N4S/c1-3-5-14-13-7-11(4-6-15-13)16-8-12-10(2)17-9-18-12/h4,6-7,9H,3,5,8H2,1-2H3,(H2,14,15,16). The van der Waals surface area contributed by atoms with Crippen LogP contribution in [0, 0.1) is 6.92 Å². The highest BCUT2D eigenvalue weighted by Gasteiger charge is 2.01. The minimum atomic E-state index is 0.813. The second-order valence-corrected chi connectivity index (χ2v) is 5.01. The summed E-state index contributed by atoms with van der Waals surface area (Å²) in [6.07, 6.45) is 2.92. The Kier molecular flexibility index (Phi) is 4.52. The Morgan fingerprint density at radius 3 is 2.89 bits per heavy atom. The van der Waals surface area contributed by atoms with Gasteiger partial charge in [-0.05, 0) is 19.4 Å². The van der Waals surface area contributed by atoms with Crippen LogP contribution >= 0.6 is 11.3 Å². The molecule has 0 saturated heterocycles. The third-order valence-corrected chi connectivity index (χ3v) is 3.55. The van der Waals surface area contributed by atoms with Gasteiger partial charge in [0.05, 0.1) is 17.7 Å². The van der Waals surface area contributed by atoms with Crippen molar-refractivity contribution >= 4 is 22.8 Å². The molecule has 0 bridgehead atoms. The highest BCUT2D eigenvalue weighted by atomic mass is 32.1. The number of nitrogens with zero attached hydrogens (tertiary/aromatic N) is 2. The molecule has 0 aliphatic heterocycles. The molecular weight excluding hydrogens is 244 g/mol. The number of rotatable bonds is 6. The summed E-state index contributed by atoms with van der Waals surface area (Å²) in [7, 11) is 0. The summed E-state index contributed by atoms with van der Waals surface area (Å²) in [6, 6.07) is 4.01. The van der Waals surface area contributed by atoms with Crippen molar-refractivity contribution < 1.29 is 0 Å². The Hall–Kier alpha value is -1.62. The van der Waals surface area contributed by atoms with E-state index in [1.54, 1.807) is 11.3 Å². The quantitative estimate of drug-likeness (QED) is 0.839. The van der Waals surface area contributed by atoms with Crippen LogP contribution in [0.2, 0.25) is 0 Å². The highest BCUT2D eigenvalue weighted by molar-refractivity contribution is 7.09. The fourth-order valence-electron chi connectivity index (χ4n) is 1.57. The Labute approximate surface area is 111 Å². The number of nitrogens with one attached hydrogen (secondary N) is 2. The molecule has 0 aliphatic carbocycles. The van der Waals surface area contributed by atoms with E-state index in [9.17, 15) is 0 Å². The number of pyridine rings is 1. The summed E-state index contributed by atoms with van der Waals surface area (Å²) in [5.41, 5.74) is 4.06. The number of aromatic nitrogens is 2. The fourth-order valence-corrected chi connectivity index (χ4v) is 2.29. The molecule has 96 valence electrons. The van der Waals surface area contributed by atoms with Crippen LogP contribution in [0.4, 0.5) is 11.5 Å². The molecule has 0 amide bonds. The lowest BCUT2D eigenvalue weighted by molar-refractivity contribution is 0.969. The van der Waals surface area contributed by atoms with Gasteiger partial charge >= 0.3 is 0 Å². The highest BCUT2D eigenvalue weighted by Crippen LogP contribution is 2.16. The van der Waals surface area contributed by atoms with E-state index in [-0.39, 0.29) is 0 Å². The molecule has 0 aromatic carbocycles. The number of aryl methyl sites for hydroxylation is 1. The van der Waals surface area contributed by atoms with Gasteiger partial charge in [0.25, 0.3) is 0 Å². The molecule has 2 aromatic rings. The van der Waals surface area contributed by atoms with Crippen LogP contribution in [0.5, 0.6) is 0 Å². The minimum absolute atomic E-state index is 0.813. The van der Waals surface area contributed by atoms with E-state index in [2.05, 4.69) is 27.5 Å². The van der Waals surface area contributed by atoms with Crippen molar-refractivity contribution in [3.8, 4) is 0 Å². The van der Waals surface area contributed by atoms with E-state index in [1.165, 1.54) is 4.88 Å². The molecule has 4 nitrogen and oxygen atoms in total. The lowest BCUT2D eigenvalue weighted by atomic mass is 10.3. The molecule has 5 heteroatoms. The van der Waals surface area contributed by atoms with Crippen molar-refractivity contribution in [1.29, 1.82) is 0 Å². The van der Waals surface area contributed by atoms with Gasteiger partial charge in [0.15, 0.2) is 0 Å². The largest absolute Gasteiger partial charge is 0.380 e. The summed E-state index contributed by atoms with van der Waals surface area (Å²) in [4.78, 5) is 9.79. The van der Waals surface area contributed by atoms with Crippen LogP contribution in [-0.2, 0) is 6.54 Å². The molecular formula is C13H18N4S. The van der Waals surface area contributed by atoms with E-state index >= 15 is 0 Å². The van der Waals surface area contributed by atoms with Crippen molar-refractivity contribution in [1.82, 2.24) is 9.97 Å². The van der Waals surface area contributed by atoms with Gasteiger partial charge in [-0.2, -0.15) is 0 Å². The van der Waals surface area contributed by atoms with Crippen molar-refractivity contribution in [3.05, 3.63) is 34.4 Å². The molecule has 0 atom stereocenters. The number of anilines is 2. The zero-order valence-corrected chi connectivity index (χ0v) is 11.5. The molecule has 0 radical (unpaired) electrons. The van der Waals surface area contributed by atoms with E-state index in [0.29, 0.717) is 0 Å². The predicted octanol–water partition coefficient (Wildman–Crippen LogP) is 3.28. The van der Waals surface area contributed by atoms with E-state index in [0.717, 1.165) is 36.7 Å². The first kappa shape index (κ1) is 12.8. The summed E-state index contributed by atoms with van der Waals surface area (Å²) in [6.45, 7) is 5.94. The number of hydrogen-bond acceptors (Lipinski definition) is 5. The molecule has 2 heterocycles. The third kappa shape index (κ3) is 3.43. The lowest BCUT2D eigenvalue weighted by Gasteiger charge is -2.08. The second kappa shape index (κ2) is 6.35. The van der Waals surface area contributed by atoms with Gasteiger partial charge in [-0.25, -0.2) is 9.97 Å². The smallest absolute Gasteiger partial charge is 0.127 e. The van der Waals surface area contributed by atoms with Gasteiger partial charge in [-0.3, -0.25) is 0 Å². The summed E-state index contributed by atoms with van der Waals surface area (Å²) < 4.78 is 0. The van der Waals surface area contributed by atoms with Crippen LogP contribution in [0.3, 0.4) is 0 Å².